The molecule has 0 radical (unpaired) electrons. The third-order valence-electron chi connectivity index (χ3n) is 3.42. The molecule has 1 aliphatic carbocycles. The van der Waals surface area contributed by atoms with Crippen LogP contribution in [0, 0.1) is 5.92 Å². The average molecular weight is 260 g/mol. The van der Waals surface area contributed by atoms with Crippen LogP contribution >= 0.6 is 0 Å². The van der Waals surface area contributed by atoms with Gasteiger partial charge in [-0.15, -0.1) is 0 Å². The van der Waals surface area contributed by atoms with Gasteiger partial charge in [0.05, 0.1) is 6.10 Å². The Morgan fingerprint density at radius 1 is 1.16 bits per heavy atom. The molecule has 1 saturated carbocycles. The molecular formula is C16H20O3. The molecule has 0 N–H and O–H groups in total. The van der Waals surface area contributed by atoms with E-state index in [2.05, 4.69) is 0 Å². The number of Topliss-reactive ketones (excluding diaryl/α,β-unsaturated/α-hetero) is 2. The van der Waals surface area contributed by atoms with Crippen LogP contribution in [0.25, 0.3) is 0 Å². The fourth-order valence-corrected chi connectivity index (χ4v) is 2.41. The number of ketones is 2. The van der Waals surface area contributed by atoms with Gasteiger partial charge in [0.25, 0.3) is 0 Å². The smallest absolute Gasteiger partial charge is 0.165 e. The second-order valence-corrected chi connectivity index (χ2v) is 5.37. The van der Waals surface area contributed by atoms with E-state index in [1.807, 2.05) is 38.1 Å². The lowest BCUT2D eigenvalue weighted by atomic mass is 9.83. The zero-order valence-electron chi connectivity index (χ0n) is 11.5. The van der Waals surface area contributed by atoms with E-state index in [0.29, 0.717) is 25.7 Å². The molecule has 0 aliphatic heterocycles. The summed E-state index contributed by atoms with van der Waals surface area (Å²) in [5.41, 5.74) is 0.718. The van der Waals surface area contributed by atoms with E-state index >= 15 is 0 Å². The minimum absolute atomic E-state index is 0.00886. The summed E-state index contributed by atoms with van der Waals surface area (Å²) < 4.78 is 5.55. The Morgan fingerprint density at radius 2 is 1.74 bits per heavy atom. The van der Waals surface area contributed by atoms with E-state index in [0.717, 1.165) is 11.3 Å². The Kier molecular flexibility index (Phi) is 4.35. The lowest BCUT2D eigenvalue weighted by Crippen LogP contribution is -2.21. The standard InChI is InChI=1S/C16H20O3/c1-11(2)19-15-9-5-13(6-10-15)16(18)12-3-7-14(17)8-4-12/h5-6,9-12H,3-4,7-8H2,1-2H3. The quantitative estimate of drug-likeness (QED) is 0.779. The molecule has 0 unspecified atom stereocenters. The third-order valence-corrected chi connectivity index (χ3v) is 3.42. The molecule has 0 heterocycles. The molecule has 0 bridgehead atoms. The molecular weight excluding hydrogens is 240 g/mol. The van der Waals surface area contributed by atoms with E-state index in [9.17, 15) is 9.59 Å². The Bertz CT molecular complexity index is 449. The van der Waals surface area contributed by atoms with Crippen LogP contribution in [0.1, 0.15) is 49.9 Å². The summed E-state index contributed by atoms with van der Waals surface area (Å²) in [6, 6.07) is 7.30. The van der Waals surface area contributed by atoms with Crippen LogP contribution in [0.3, 0.4) is 0 Å². The largest absolute Gasteiger partial charge is 0.491 e. The molecule has 0 atom stereocenters. The number of benzene rings is 1. The van der Waals surface area contributed by atoms with Crippen LogP contribution in [0.2, 0.25) is 0 Å². The van der Waals surface area contributed by atoms with Gasteiger partial charge < -0.3 is 4.74 Å². The fourth-order valence-electron chi connectivity index (χ4n) is 2.41. The molecule has 0 aromatic heterocycles. The second-order valence-electron chi connectivity index (χ2n) is 5.37. The molecule has 1 aromatic carbocycles. The Balaban J connectivity index is 2.01. The van der Waals surface area contributed by atoms with E-state index in [1.54, 1.807) is 0 Å². The SMILES string of the molecule is CC(C)Oc1ccc(C(=O)C2CCC(=O)CC2)cc1. The molecule has 19 heavy (non-hydrogen) atoms. The average Bonchev–Trinajstić information content (AvgIpc) is 2.39. The molecule has 1 fully saturated rings. The molecule has 1 aliphatic rings. The number of rotatable bonds is 4. The highest BCUT2D eigenvalue weighted by Crippen LogP contribution is 2.26. The van der Waals surface area contributed by atoms with Crippen molar-refractivity contribution in [1.29, 1.82) is 0 Å². The fraction of sp³-hybridized carbons (Fsp3) is 0.500. The summed E-state index contributed by atoms with van der Waals surface area (Å²) in [6.07, 6.45) is 2.62. The molecule has 0 saturated heterocycles. The lowest BCUT2D eigenvalue weighted by Gasteiger charge is -2.19. The maximum Gasteiger partial charge on any atom is 0.165 e. The number of carbonyl (C=O) groups is 2. The summed E-state index contributed by atoms with van der Waals surface area (Å²) in [5, 5.41) is 0. The third kappa shape index (κ3) is 3.66. The minimum Gasteiger partial charge on any atom is -0.491 e. The summed E-state index contributed by atoms with van der Waals surface area (Å²) >= 11 is 0. The van der Waals surface area contributed by atoms with Crippen molar-refractivity contribution < 1.29 is 14.3 Å². The minimum atomic E-state index is 0.00886. The zero-order valence-corrected chi connectivity index (χ0v) is 11.5. The zero-order chi connectivity index (χ0) is 13.8. The van der Waals surface area contributed by atoms with Gasteiger partial charge in [-0.25, -0.2) is 0 Å². The van der Waals surface area contributed by atoms with Crippen molar-refractivity contribution in [3.05, 3.63) is 29.8 Å². The Morgan fingerprint density at radius 3 is 2.26 bits per heavy atom. The first-order chi connectivity index (χ1) is 9.06. The van der Waals surface area contributed by atoms with Gasteiger partial charge in [0.2, 0.25) is 0 Å². The summed E-state index contributed by atoms with van der Waals surface area (Å²) in [6.45, 7) is 3.94. The Labute approximate surface area is 114 Å². The molecule has 0 spiro atoms. The number of hydrogen-bond acceptors (Lipinski definition) is 3. The molecule has 102 valence electrons. The van der Waals surface area contributed by atoms with Crippen LogP contribution in [0.15, 0.2) is 24.3 Å². The second kappa shape index (κ2) is 6.00. The van der Waals surface area contributed by atoms with Crippen molar-refractivity contribution in [2.24, 2.45) is 5.92 Å². The van der Waals surface area contributed by atoms with E-state index in [-0.39, 0.29) is 23.6 Å². The van der Waals surface area contributed by atoms with E-state index in [1.165, 1.54) is 0 Å². The molecule has 0 amide bonds. The first-order valence-corrected chi connectivity index (χ1v) is 6.89. The monoisotopic (exact) mass is 260 g/mol. The highest BCUT2D eigenvalue weighted by Gasteiger charge is 2.25. The topological polar surface area (TPSA) is 43.4 Å². The predicted molar refractivity (Wildman–Crippen MR) is 73.5 cm³/mol. The van der Waals surface area contributed by atoms with Crippen molar-refractivity contribution >= 4 is 11.6 Å². The van der Waals surface area contributed by atoms with Gasteiger partial charge in [-0.05, 0) is 51.0 Å². The summed E-state index contributed by atoms with van der Waals surface area (Å²) in [7, 11) is 0. The van der Waals surface area contributed by atoms with Gasteiger partial charge in [-0.2, -0.15) is 0 Å². The predicted octanol–water partition coefficient (Wildman–Crippen LogP) is 3.42. The summed E-state index contributed by atoms with van der Waals surface area (Å²) in [4.78, 5) is 23.5. The number of ether oxygens (including phenoxy) is 1. The van der Waals surface area contributed by atoms with Gasteiger partial charge in [-0.1, -0.05) is 0 Å². The van der Waals surface area contributed by atoms with Crippen molar-refractivity contribution in [3.8, 4) is 5.75 Å². The molecule has 2 rings (SSSR count). The van der Waals surface area contributed by atoms with Crippen LogP contribution in [0.5, 0.6) is 5.75 Å². The van der Waals surface area contributed by atoms with Gasteiger partial charge in [0.1, 0.15) is 11.5 Å². The normalized spacial score (nSPS) is 16.7. The first kappa shape index (κ1) is 13.8. The first-order valence-electron chi connectivity index (χ1n) is 6.89. The number of carbonyl (C=O) groups excluding carboxylic acids is 2. The van der Waals surface area contributed by atoms with Gasteiger partial charge >= 0.3 is 0 Å². The Hall–Kier alpha value is -1.64. The van der Waals surface area contributed by atoms with Crippen molar-refractivity contribution in [3.63, 3.8) is 0 Å². The van der Waals surface area contributed by atoms with Crippen LogP contribution < -0.4 is 4.74 Å². The van der Waals surface area contributed by atoms with Crippen LogP contribution in [-0.4, -0.2) is 17.7 Å². The molecule has 3 heteroatoms. The number of hydrogen-bond donors (Lipinski definition) is 0. The van der Waals surface area contributed by atoms with Crippen molar-refractivity contribution in [2.75, 3.05) is 0 Å². The van der Waals surface area contributed by atoms with Crippen molar-refractivity contribution in [2.45, 2.75) is 45.6 Å². The van der Waals surface area contributed by atoms with Gasteiger partial charge in [0.15, 0.2) is 5.78 Å². The maximum absolute atomic E-state index is 12.3. The van der Waals surface area contributed by atoms with Crippen LogP contribution in [-0.2, 0) is 4.79 Å². The van der Waals surface area contributed by atoms with Crippen LogP contribution in [0.4, 0.5) is 0 Å². The molecule has 3 nitrogen and oxygen atoms in total. The van der Waals surface area contributed by atoms with Gasteiger partial charge in [0, 0.05) is 24.3 Å². The van der Waals surface area contributed by atoms with E-state index in [4.69, 9.17) is 4.74 Å². The highest BCUT2D eigenvalue weighted by atomic mass is 16.5. The van der Waals surface area contributed by atoms with Crippen molar-refractivity contribution in [1.82, 2.24) is 0 Å². The molecule has 1 aromatic rings. The van der Waals surface area contributed by atoms with E-state index < -0.39 is 0 Å². The lowest BCUT2D eigenvalue weighted by molar-refractivity contribution is -0.120. The maximum atomic E-state index is 12.3. The summed E-state index contributed by atoms with van der Waals surface area (Å²) in [5.74, 6) is 1.23. The van der Waals surface area contributed by atoms with Gasteiger partial charge in [-0.3, -0.25) is 9.59 Å². The highest BCUT2D eigenvalue weighted by molar-refractivity contribution is 5.99.